The van der Waals surface area contributed by atoms with E-state index in [2.05, 4.69) is 15.3 Å². The maximum atomic E-state index is 10.9. The van der Waals surface area contributed by atoms with Gasteiger partial charge in [-0.15, -0.1) is 0 Å². The number of amides is 1. The van der Waals surface area contributed by atoms with Crippen molar-refractivity contribution in [3.63, 3.8) is 0 Å². The molecule has 0 fully saturated rings. The van der Waals surface area contributed by atoms with Crippen molar-refractivity contribution in [2.24, 2.45) is 5.11 Å². The Balaban J connectivity index is 2.77. The number of carboxylic acid groups (broad SMARTS) is 1. The number of benzene rings is 1. The second kappa shape index (κ2) is 6.27. The van der Waals surface area contributed by atoms with Gasteiger partial charge in [0.25, 0.3) is 0 Å². The van der Waals surface area contributed by atoms with Crippen molar-refractivity contribution in [1.82, 2.24) is 5.32 Å². The normalized spacial score (nSPS) is 11.2. The number of carbonyl (C=O) groups is 2. The van der Waals surface area contributed by atoms with Gasteiger partial charge in [0.05, 0.1) is 0 Å². The van der Waals surface area contributed by atoms with E-state index in [1.807, 2.05) is 0 Å². The molecule has 7 nitrogen and oxygen atoms in total. The summed E-state index contributed by atoms with van der Waals surface area (Å²) in [5.41, 5.74) is 9.42. The van der Waals surface area contributed by atoms with E-state index >= 15 is 0 Å². The molecule has 0 aliphatic rings. The van der Waals surface area contributed by atoms with Crippen molar-refractivity contribution in [2.75, 3.05) is 0 Å². The number of carboxylic acids is 1. The second-order valence-corrected chi connectivity index (χ2v) is 3.65. The van der Waals surface area contributed by atoms with Gasteiger partial charge < -0.3 is 10.4 Å². The van der Waals surface area contributed by atoms with Crippen molar-refractivity contribution >= 4 is 17.6 Å². The van der Waals surface area contributed by atoms with Crippen LogP contribution in [0.25, 0.3) is 10.4 Å². The molecule has 0 aliphatic heterocycles. The van der Waals surface area contributed by atoms with Crippen LogP contribution in [0.1, 0.15) is 12.5 Å². The molecule has 0 saturated carbocycles. The van der Waals surface area contributed by atoms with Gasteiger partial charge in [-0.3, -0.25) is 4.79 Å². The minimum Gasteiger partial charge on any atom is -0.480 e. The molecule has 1 aromatic rings. The highest BCUT2D eigenvalue weighted by Crippen LogP contribution is 2.14. The maximum absolute atomic E-state index is 10.9. The van der Waals surface area contributed by atoms with Crippen LogP contribution in [0.2, 0.25) is 0 Å². The number of hydrogen-bond donors (Lipinski definition) is 2. The monoisotopic (exact) mass is 248 g/mol. The topological polar surface area (TPSA) is 115 Å². The number of hydrogen-bond acceptors (Lipinski definition) is 3. The van der Waals surface area contributed by atoms with Crippen molar-refractivity contribution in [3.8, 4) is 0 Å². The first-order valence-electron chi connectivity index (χ1n) is 5.17. The van der Waals surface area contributed by atoms with Gasteiger partial charge in [0.15, 0.2) is 0 Å². The summed E-state index contributed by atoms with van der Waals surface area (Å²) >= 11 is 0. The Morgan fingerprint density at radius 1 is 1.44 bits per heavy atom. The van der Waals surface area contributed by atoms with Gasteiger partial charge in [-0.2, -0.15) is 0 Å². The van der Waals surface area contributed by atoms with Crippen LogP contribution in [0.4, 0.5) is 5.69 Å². The van der Waals surface area contributed by atoms with Gasteiger partial charge in [-0.1, -0.05) is 29.4 Å². The Morgan fingerprint density at radius 3 is 2.50 bits per heavy atom. The largest absolute Gasteiger partial charge is 0.480 e. The van der Waals surface area contributed by atoms with E-state index in [0.29, 0.717) is 5.69 Å². The third-order valence-electron chi connectivity index (χ3n) is 2.21. The van der Waals surface area contributed by atoms with Gasteiger partial charge in [0, 0.05) is 23.9 Å². The lowest BCUT2D eigenvalue weighted by Gasteiger charge is -2.13. The molecule has 0 aromatic heterocycles. The molecule has 1 amide bonds. The van der Waals surface area contributed by atoms with E-state index in [-0.39, 0.29) is 6.42 Å². The second-order valence-electron chi connectivity index (χ2n) is 3.65. The van der Waals surface area contributed by atoms with Crippen LogP contribution in [0, 0.1) is 0 Å². The van der Waals surface area contributed by atoms with Crippen LogP contribution in [0.15, 0.2) is 29.4 Å². The van der Waals surface area contributed by atoms with Crippen LogP contribution in [-0.4, -0.2) is 23.0 Å². The van der Waals surface area contributed by atoms with Crippen LogP contribution >= 0.6 is 0 Å². The molecule has 2 N–H and O–H groups in total. The first kappa shape index (κ1) is 13.5. The predicted molar refractivity (Wildman–Crippen MR) is 64.2 cm³/mol. The molecule has 0 spiro atoms. The quantitative estimate of drug-likeness (QED) is 0.469. The van der Waals surface area contributed by atoms with E-state index in [9.17, 15) is 9.59 Å². The van der Waals surface area contributed by atoms with E-state index in [0.717, 1.165) is 5.56 Å². The molecule has 0 unspecified atom stereocenters. The summed E-state index contributed by atoms with van der Waals surface area (Å²) in [7, 11) is 0. The molecule has 7 heteroatoms. The average molecular weight is 248 g/mol. The molecule has 0 saturated heterocycles. The van der Waals surface area contributed by atoms with Gasteiger partial charge in [0.2, 0.25) is 5.91 Å². The lowest BCUT2D eigenvalue weighted by molar-refractivity contribution is -0.141. The number of nitrogens with one attached hydrogen (secondary N) is 1. The minimum atomic E-state index is -1.09. The Labute approximate surface area is 103 Å². The zero-order valence-corrected chi connectivity index (χ0v) is 9.70. The van der Waals surface area contributed by atoms with Crippen molar-refractivity contribution < 1.29 is 14.7 Å². The number of aliphatic carboxylic acids is 1. The van der Waals surface area contributed by atoms with Crippen molar-refractivity contribution in [1.29, 1.82) is 0 Å². The average Bonchev–Trinajstić information content (AvgIpc) is 2.30. The molecular formula is C11H12N4O3. The Kier molecular flexibility index (Phi) is 4.71. The molecule has 0 bridgehead atoms. The van der Waals surface area contributed by atoms with Crippen LogP contribution in [-0.2, 0) is 16.0 Å². The number of carbonyl (C=O) groups excluding carboxylic acids is 1. The van der Waals surface area contributed by atoms with Gasteiger partial charge in [-0.05, 0) is 11.1 Å². The highest BCUT2D eigenvalue weighted by molar-refractivity contribution is 5.82. The summed E-state index contributed by atoms with van der Waals surface area (Å²) in [6.07, 6.45) is 0.172. The molecule has 1 atom stereocenters. The minimum absolute atomic E-state index is 0.172. The van der Waals surface area contributed by atoms with E-state index in [1.54, 1.807) is 24.3 Å². The van der Waals surface area contributed by atoms with Crippen LogP contribution in [0.3, 0.4) is 0 Å². The SMILES string of the molecule is CC(=O)N[C@@H](Cc1ccc(N=[N+]=[N-])cc1)C(=O)O. The third kappa shape index (κ3) is 4.15. The lowest BCUT2D eigenvalue weighted by Crippen LogP contribution is -2.41. The molecule has 1 rings (SSSR count). The Bertz CT molecular complexity index is 492. The summed E-state index contributed by atoms with van der Waals surface area (Å²) in [5.74, 6) is -1.49. The Morgan fingerprint density at radius 2 is 2.06 bits per heavy atom. The molecule has 1 aromatic carbocycles. The molecular weight excluding hydrogens is 236 g/mol. The zero-order valence-electron chi connectivity index (χ0n) is 9.70. The molecule has 0 radical (unpaired) electrons. The van der Waals surface area contributed by atoms with Crippen molar-refractivity contribution in [3.05, 3.63) is 40.3 Å². The number of azide groups is 1. The molecule has 94 valence electrons. The van der Waals surface area contributed by atoms with Gasteiger partial charge >= 0.3 is 5.97 Å². The smallest absolute Gasteiger partial charge is 0.326 e. The summed E-state index contributed by atoms with van der Waals surface area (Å²) in [6.45, 7) is 1.26. The van der Waals surface area contributed by atoms with Gasteiger partial charge in [-0.25, -0.2) is 4.79 Å². The van der Waals surface area contributed by atoms with E-state index in [4.69, 9.17) is 10.6 Å². The lowest BCUT2D eigenvalue weighted by atomic mass is 10.1. The number of nitrogens with zero attached hydrogens (tertiary/aromatic N) is 3. The zero-order chi connectivity index (χ0) is 13.5. The fourth-order valence-electron chi connectivity index (χ4n) is 1.43. The standard InChI is InChI=1S/C11H12N4O3/c1-7(16)13-10(11(17)18)6-8-2-4-9(5-3-8)14-15-12/h2-5,10H,6H2,1H3,(H,13,16)(H,17,18)/t10-/m0/s1. The summed E-state index contributed by atoms with van der Waals surface area (Å²) in [4.78, 5) is 24.4. The van der Waals surface area contributed by atoms with Gasteiger partial charge in [0.1, 0.15) is 6.04 Å². The fraction of sp³-hybridized carbons (Fsp3) is 0.273. The predicted octanol–water partition coefficient (Wildman–Crippen LogP) is 1.76. The third-order valence-corrected chi connectivity index (χ3v) is 2.21. The Hall–Kier alpha value is -2.53. The highest BCUT2D eigenvalue weighted by atomic mass is 16.4. The molecule has 18 heavy (non-hydrogen) atoms. The molecule has 0 heterocycles. The summed E-state index contributed by atoms with van der Waals surface area (Å²) in [6, 6.07) is 5.51. The first-order chi connectivity index (χ1) is 8.52. The van der Waals surface area contributed by atoms with Crippen LogP contribution < -0.4 is 5.32 Å². The number of rotatable bonds is 5. The fourth-order valence-corrected chi connectivity index (χ4v) is 1.43. The van der Waals surface area contributed by atoms with Crippen LogP contribution in [0.5, 0.6) is 0 Å². The van der Waals surface area contributed by atoms with E-state index < -0.39 is 17.9 Å². The first-order valence-corrected chi connectivity index (χ1v) is 5.17. The molecule has 0 aliphatic carbocycles. The summed E-state index contributed by atoms with van der Waals surface area (Å²) < 4.78 is 0. The van der Waals surface area contributed by atoms with Crippen molar-refractivity contribution in [2.45, 2.75) is 19.4 Å². The summed E-state index contributed by atoms with van der Waals surface area (Å²) in [5, 5.41) is 14.7. The van der Waals surface area contributed by atoms with E-state index in [1.165, 1.54) is 6.92 Å². The maximum Gasteiger partial charge on any atom is 0.326 e. The highest BCUT2D eigenvalue weighted by Gasteiger charge is 2.18.